The second kappa shape index (κ2) is 10.2. The third kappa shape index (κ3) is 5.44. The van der Waals surface area contributed by atoms with Gasteiger partial charge in [-0.25, -0.2) is 9.48 Å². The molecule has 4 rings (SSSR count). The van der Waals surface area contributed by atoms with Crippen molar-refractivity contribution in [1.29, 1.82) is 0 Å². The van der Waals surface area contributed by atoms with Gasteiger partial charge in [0, 0.05) is 19.6 Å². The zero-order chi connectivity index (χ0) is 24.1. The van der Waals surface area contributed by atoms with Crippen LogP contribution in [0.15, 0.2) is 79.0 Å². The SMILES string of the molecule is COc1ccc(CN(Cc2ccc(C)cc2)Cc2ccc(-n3ncc(C(=O)O)c3N)cc2)cc1. The third-order valence-corrected chi connectivity index (χ3v) is 5.72. The Bertz CT molecular complexity index is 1250. The van der Waals surface area contributed by atoms with Crippen molar-refractivity contribution in [2.24, 2.45) is 0 Å². The van der Waals surface area contributed by atoms with Gasteiger partial charge >= 0.3 is 5.97 Å². The maximum Gasteiger partial charge on any atom is 0.341 e. The molecule has 0 aliphatic heterocycles. The number of hydrogen-bond donors (Lipinski definition) is 2. The summed E-state index contributed by atoms with van der Waals surface area (Å²) in [5.41, 5.74) is 11.5. The fraction of sp³-hybridized carbons (Fsp3) is 0.185. The summed E-state index contributed by atoms with van der Waals surface area (Å²) in [7, 11) is 1.67. The smallest absolute Gasteiger partial charge is 0.341 e. The monoisotopic (exact) mass is 456 g/mol. The molecular weight excluding hydrogens is 428 g/mol. The number of carboxylic acid groups (broad SMARTS) is 1. The Hall–Kier alpha value is -4.10. The van der Waals surface area contributed by atoms with Crippen molar-refractivity contribution >= 4 is 11.8 Å². The van der Waals surface area contributed by atoms with E-state index in [9.17, 15) is 9.90 Å². The fourth-order valence-electron chi connectivity index (χ4n) is 3.84. The maximum atomic E-state index is 11.3. The molecule has 34 heavy (non-hydrogen) atoms. The van der Waals surface area contributed by atoms with Crippen LogP contribution in [0, 0.1) is 6.92 Å². The Kier molecular flexibility index (Phi) is 6.94. The number of carbonyl (C=O) groups is 1. The number of aromatic nitrogens is 2. The third-order valence-electron chi connectivity index (χ3n) is 5.72. The highest BCUT2D eigenvalue weighted by Crippen LogP contribution is 2.20. The summed E-state index contributed by atoms with van der Waals surface area (Å²) < 4.78 is 6.72. The molecule has 0 saturated carbocycles. The number of aromatic carboxylic acids is 1. The molecule has 0 amide bonds. The number of nitrogen functional groups attached to an aromatic ring is 1. The molecule has 3 N–H and O–H groups in total. The molecule has 7 nitrogen and oxygen atoms in total. The molecule has 1 aromatic heterocycles. The first-order valence-corrected chi connectivity index (χ1v) is 11.0. The van der Waals surface area contributed by atoms with Gasteiger partial charge in [-0.2, -0.15) is 5.10 Å². The minimum Gasteiger partial charge on any atom is -0.497 e. The molecule has 0 aliphatic rings. The fourth-order valence-corrected chi connectivity index (χ4v) is 3.84. The molecule has 174 valence electrons. The predicted octanol–water partition coefficient (Wildman–Crippen LogP) is 4.67. The molecule has 3 aromatic carbocycles. The molecule has 0 saturated heterocycles. The Morgan fingerprint density at radius 2 is 1.41 bits per heavy atom. The van der Waals surface area contributed by atoms with Gasteiger partial charge in [0.05, 0.1) is 19.0 Å². The molecule has 0 radical (unpaired) electrons. The number of hydrogen-bond acceptors (Lipinski definition) is 5. The Morgan fingerprint density at radius 1 is 0.912 bits per heavy atom. The van der Waals surface area contributed by atoms with E-state index in [1.165, 1.54) is 27.6 Å². The van der Waals surface area contributed by atoms with E-state index >= 15 is 0 Å². The highest BCUT2D eigenvalue weighted by molar-refractivity contribution is 5.92. The number of nitrogens with zero attached hydrogens (tertiary/aromatic N) is 3. The first-order valence-electron chi connectivity index (χ1n) is 11.0. The summed E-state index contributed by atoms with van der Waals surface area (Å²) in [6, 6.07) is 24.6. The summed E-state index contributed by atoms with van der Waals surface area (Å²) in [5.74, 6) is -0.139. The average molecular weight is 457 g/mol. The number of methoxy groups -OCH3 is 1. The van der Waals surface area contributed by atoms with Crippen LogP contribution in [0.2, 0.25) is 0 Å². The van der Waals surface area contributed by atoms with E-state index in [-0.39, 0.29) is 11.4 Å². The van der Waals surface area contributed by atoms with Crippen molar-refractivity contribution in [3.8, 4) is 11.4 Å². The summed E-state index contributed by atoms with van der Waals surface area (Å²) in [4.78, 5) is 13.6. The van der Waals surface area contributed by atoms with Crippen LogP contribution < -0.4 is 10.5 Å². The van der Waals surface area contributed by atoms with Gasteiger partial charge in [0.15, 0.2) is 0 Å². The number of benzene rings is 3. The lowest BCUT2D eigenvalue weighted by molar-refractivity contribution is 0.0698. The van der Waals surface area contributed by atoms with Crippen LogP contribution >= 0.6 is 0 Å². The minimum absolute atomic E-state index is 0.00663. The molecule has 0 unspecified atom stereocenters. The normalized spacial score (nSPS) is 11.0. The lowest BCUT2D eigenvalue weighted by Gasteiger charge is -2.23. The van der Waals surface area contributed by atoms with Crippen LogP contribution in [-0.4, -0.2) is 32.9 Å². The first-order chi connectivity index (χ1) is 16.4. The maximum absolute atomic E-state index is 11.3. The summed E-state index contributed by atoms with van der Waals surface area (Å²) in [5, 5.41) is 13.3. The topological polar surface area (TPSA) is 93.6 Å². The van der Waals surface area contributed by atoms with Crippen molar-refractivity contribution in [3.63, 3.8) is 0 Å². The van der Waals surface area contributed by atoms with Crippen LogP contribution in [-0.2, 0) is 19.6 Å². The predicted molar refractivity (Wildman–Crippen MR) is 132 cm³/mol. The number of anilines is 1. The van der Waals surface area contributed by atoms with Gasteiger partial charge in [-0.1, -0.05) is 54.1 Å². The van der Waals surface area contributed by atoms with Crippen molar-refractivity contribution < 1.29 is 14.6 Å². The largest absolute Gasteiger partial charge is 0.497 e. The highest BCUT2D eigenvalue weighted by atomic mass is 16.5. The molecule has 0 aliphatic carbocycles. The van der Waals surface area contributed by atoms with Crippen LogP contribution in [0.3, 0.4) is 0 Å². The average Bonchev–Trinajstić information content (AvgIpc) is 3.23. The van der Waals surface area contributed by atoms with Gasteiger partial charge in [-0.3, -0.25) is 4.90 Å². The lowest BCUT2D eigenvalue weighted by atomic mass is 10.1. The quantitative estimate of drug-likeness (QED) is 0.380. The molecule has 7 heteroatoms. The van der Waals surface area contributed by atoms with Crippen molar-refractivity contribution in [2.75, 3.05) is 12.8 Å². The van der Waals surface area contributed by atoms with Crippen LogP contribution in [0.4, 0.5) is 5.82 Å². The number of aryl methyl sites for hydroxylation is 1. The zero-order valence-corrected chi connectivity index (χ0v) is 19.3. The molecular formula is C27H28N4O3. The highest BCUT2D eigenvalue weighted by Gasteiger charge is 2.15. The standard InChI is InChI=1S/C27H28N4O3/c1-19-3-5-20(6-4-19)16-30(18-22-9-13-24(34-2)14-10-22)17-21-7-11-23(12-8-21)31-26(28)25(15-29-31)27(32)33/h3-15H,16-18,28H2,1-2H3,(H,32,33). The van der Waals surface area contributed by atoms with Gasteiger partial charge in [0.25, 0.3) is 0 Å². The van der Waals surface area contributed by atoms with Crippen molar-refractivity contribution in [2.45, 2.75) is 26.6 Å². The summed E-state index contributed by atoms with van der Waals surface area (Å²) in [6.45, 7) is 4.43. The number of rotatable bonds is 9. The van der Waals surface area contributed by atoms with Gasteiger partial charge in [-0.15, -0.1) is 0 Å². The molecule has 0 spiro atoms. The number of ether oxygens (including phenoxy) is 1. The van der Waals surface area contributed by atoms with E-state index in [2.05, 4.69) is 53.3 Å². The zero-order valence-electron chi connectivity index (χ0n) is 19.3. The van der Waals surface area contributed by atoms with E-state index < -0.39 is 5.97 Å². The Balaban J connectivity index is 1.53. The Morgan fingerprint density at radius 3 is 1.88 bits per heavy atom. The van der Waals surface area contributed by atoms with E-state index in [1.807, 2.05) is 36.4 Å². The Labute approximate surface area is 199 Å². The molecule has 0 bridgehead atoms. The summed E-state index contributed by atoms with van der Waals surface area (Å²) in [6.07, 6.45) is 1.27. The van der Waals surface area contributed by atoms with E-state index in [1.54, 1.807) is 7.11 Å². The van der Waals surface area contributed by atoms with Gasteiger partial charge in [0.2, 0.25) is 0 Å². The lowest BCUT2D eigenvalue weighted by Crippen LogP contribution is -2.22. The van der Waals surface area contributed by atoms with Crippen molar-refractivity contribution in [3.05, 3.63) is 107 Å². The van der Waals surface area contributed by atoms with Gasteiger partial charge < -0.3 is 15.6 Å². The second-order valence-electron chi connectivity index (χ2n) is 8.31. The van der Waals surface area contributed by atoms with Crippen LogP contribution in [0.1, 0.15) is 32.6 Å². The summed E-state index contributed by atoms with van der Waals surface area (Å²) >= 11 is 0. The number of carboxylic acids is 1. The van der Waals surface area contributed by atoms with E-state index in [0.717, 1.165) is 30.9 Å². The van der Waals surface area contributed by atoms with E-state index in [0.29, 0.717) is 5.69 Å². The van der Waals surface area contributed by atoms with Gasteiger partial charge in [0.1, 0.15) is 17.1 Å². The molecule has 0 atom stereocenters. The molecule has 1 heterocycles. The number of nitrogens with two attached hydrogens (primary N) is 1. The van der Waals surface area contributed by atoms with Gasteiger partial charge in [-0.05, 0) is 47.9 Å². The molecule has 4 aromatic rings. The minimum atomic E-state index is -1.09. The molecule has 0 fully saturated rings. The second-order valence-corrected chi connectivity index (χ2v) is 8.31. The van der Waals surface area contributed by atoms with Crippen LogP contribution in [0.5, 0.6) is 5.75 Å². The van der Waals surface area contributed by atoms with Crippen LogP contribution in [0.25, 0.3) is 5.69 Å². The van der Waals surface area contributed by atoms with Crippen molar-refractivity contribution in [1.82, 2.24) is 14.7 Å². The first kappa shape index (κ1) is 23.1. The van der Waals surface area contributed by atoms with E-state index in [4.69, 9.17) is 10.5 Å².